The quantitative estimate of drug-likeness (QED) is 0.769. The maximum Gasteiger partial charge on any atom is 0.238 e. The van der Waals surface area contributed by atoms with Gasteiger partial charge < -0.3 is 4.57 Å². The average molecular weight is 238 g/mol. The van der Waals surface area contributed by atoms with Crippen LogP contribution in [0, 0.1) is 0 Å². The van der Waals surface area contributed by atoms with Gasteiger partial charge in [-0.3, -0.25) is 4.79 Å². The molecule has 0 saturated carbocycles. The van der Waals surface area contributed by atoms with Gasteiger partial charge in [-0.2, -0.15) is 0 Å². The molecule has 2 aromatic rings. The molecule has 2 rings (SSSR count). The molecule has 5 nitrogen and oxygen atoms in total. The lowest BCUT2D eigenvalue weighted by molar-refractivity contribution is 0.598. The minimum atomic E-state index is -3.74. The Morgan fingerprint density at radius 2 is 1.94 bits per heavy atom. The number of fused-ring (bicyclic) bond motifs is 1. The first kappa shape index (κ1) is 10.8. The minimum Gasteiger partial charge on any atom is -0.350 e. The predicted molar refractivity (Wildman–Crippen MR) is 60.6 cm³/mol. The number of pyridine rings is 1. The molecule has 2 N–H and O–H groups in total. The van der Waals surface area contributed by atoms with Crippen molar-refractivity contribution >= 4 is 20.9 Å². The summed E-state index contributed by atoms with van der Waals surface area (Å²) in [7, 11) is -2.01. The van der Waals surface area contributed by atoms with Gasteiger partial charge in [-0.15, -0.1) is 0 Å². The topological polar surface area (TPSA) is 82.2 Å². The van der Waals surface area contributed by atoms with Gasteiger partial charge in [0.1, 0.15) is 0 Å². The van der Waals surface area contributed by atoms with Gasteiger partial charge in [-0.25, -0.2) is 13.6 Å². The first-order valence-corrected chi connectivity index (χ1v) is 6.06. The maximum atomic E-state index is 11.5. The monoisotopic (exact) mass is 238 g/mol. The van der Waals surface area contributed by atoms with E-state index in [0.29, 0.717) is 10.9 Å². The van der Waals surface area contributed by atoms with Gasteiger partial charge in [-0.1, -0.05) is 0 Å². The Balaban J connectivity index is 2.92. The number of hydrogen-bond donors (Lipinski definition) is 1. The third-order valence-electron chi connectivity index (χ3n) is 2.39. The molecule has 1 aromatic carbocycles. The zero-order valence-electron chi connectivity index (χ0n) is 8.54. The van der Waals surface area contributed by atoms with Gasteiger partial charge in [0.2, 0.25) is 10.0 Å². The van der Waals surface area contributed by atoms with Gasteiger partial charge in [0.15, 0.2) is 5.43 Å². The molecule has 16 heavy (non-hydrogen) atoms. The molecule has 1 aromatic heterocycles. The van der Waals surface area contributed by atoms with E-state index in [1.165, 1.54) is 24.3 Å². The van der Waals surface area contributed by atoms with Crippen molar-refractivity contribution in [2.24, 2.45) is 12.2 Å². The standard InChI is InChI=1S/C10H10N2O3S/c1-12-5-4-10(13)8-3-2-7(6-9(8)12)16(11,14)15/h2-6H,1H3,(H2,11,14,15). The van der Waals surface area contributed by atoms with E-state index in [1.807, 2.05) is 0 Å². The SMILES string of the molecule is Cn1ccc(=O)c2ccc(S(N)(=O)=O)cc21. The first-order chi connectivity index (χ1) is 7.39. The molecule has 0 aliphatic heterocycles. The van der Waals surface area contributed by atoms with Crippen LogP contribution in [0.3, 0.4) is 0 Å². The highest BCUT2D eigenvalue weighted by Gasteiger charge is 2.09. The molecule has 6 heteroatoms. The van der Waals surface area contributed by atoms with Gasteiger partial charge in [-0.05, 0) is 18.2 Å². The van der Waals surface area contributed by atoms with E-state index >= 15 is 0 Å². The number of nitrogens with zero attached hydrogens (tertiary/aromatic N) is 1. The van der Waals surface area contributed by atoms with Crippen molar-refractivity contribution in [1.29, 1.82) is 0 Å². The molecule has 0 bridgehead atoms. The largest absolute Gasteiger partial charge is 0.350 e. The summed E-state index contributed by atoms with van der Waals surface area (Å²) in [6.45, 7) is 0. The summed E-state index contributed by atoms with van der Waals surface area (Å²) in [6.07, 6.45) is 1.58. The zero-order chi connectivity index (χ0) is 11.9. The summed E-state index contributed by atoms with van der Waals surface area (Å²) in [6, 6.07) is 5.63. The van der Waals surface area contributed by atoms with Crippen LogP contribution in [-0.2, 0) is 17.1 Å². The van der Waals surface area contributed by atoms with Crippen LogP contribution in [0.25, 0.3) is 10.9 Å². The van der Waals surface area contributed by atoms with Crippen LogP contribution in [0.5, 0.6) is 0 Å². The fourth-order valence-electron chi connectivity index (χ4n) is 1.54. The highest BCUT2D eigenvalue weighted by Crippen LogP contribution is 2.14. The summed E-state index contributed by atoms with van der Waals surface area (Å²) in [4.78, 5) is 11.5. The fourth-order valence-corrected chi connectivity index (χ4v) is 2.07. The van der Waals surface area contributed by atoms with Gasteiger partial charge in [0.25, 0.3) is 0 Å². The molecular weight excluding hydrogens is 228 g/mol. The van der Waals surface area contributed by atoms with Crippen LogP contribution in [0.4, 0.5) is 0 Å². The van der Waals surface area contributed by atoms with E-state index < -0.39 is 10.0 Å². The average Bonchev–Trinajstić information content (AvgIpc) is 2.22. The highest BCUT2D eigenvalue weighted by molar-refractivity contribution is 7.89. The molecule has 0 aliphatic carbocycles. The zero-order valence-corrected chi connectivity index (χ0v) is 9.36. The summed E-state index contributed by atoms with van der Waals surface area (Å²) >= 11 is 0. The van der Waals surface area contributed by atoms with Crippen LogP contribution < -0.4 is 10.6 Å². The lowest BCUT2D eigenvalue weighted by Gasteiger charge is -2.05. The second-order valence-electron chi connectivity index (χ2n) is 3.51. The number of aryl methyl sites for hydroxylation is 1. The minimum absolute atomic E-state index is 0.00111. The third kappa shape index (κ3) is 1.72. The molecule has 0 saturated heterocycles. The van der Waals surface area contributed by atoms with Crippen LogP contribution in [0.2, 0.25) is 0 Å². The number of hydrogen-bond acceptors (Lipinski definition) is 3. The van der Waals surface area contributed by atoms with E-state index in [-0.39, 0.29) is 10.3 Å². The number of rotatable bonds is 1. The lowest BCUT2D eigenvalue weighted by atomic mass is 10.2. The molecule has 0 fully saturated rings. The van der Waals surface area contributed by atoms with E-state index in [1.54, 1.807) is 17.8 Å². The number of sulfonamides is 1. The van der Waals surface area contributed by atoms with Crippen molar-refractivity contribution in [1.82, 2.24) is 4.57 Å². The van der Waals surface area contributed by atoms with Crippen LogP contribution in [0.1, 0.15) is 0 Å². The molecule has 84 valence electrons. The van der Waals surface area contributed by atoms with Crippen molar-refractivity contribution < 1.29 is 8.42 Å². The molecule has 0 amide bonds. The Morgan fingerprint density at radius 3 is 2.56 bits per heavy atom. The molecule has 0 spiro atoms. The Labute approximate surface area is 92.2 Å². The Bertz CT molecular complexity index is 716. The van der Waals surface area contributed by atoms with Gasteiger partial charge in [0, 0.05) is 24.7 Å². The number of primary sulfonamides is 1. The fraction of sp³-hybridized carbons (Fsp3) is 0.100. The Kier molecular flexibility index (Phi) is 2.32. The summed E-state index contributed by atoms with van der Waals surface area (Å²) < 4.78 is 24.0. The predicted octanol–water partition coefficient (Wildman–Crippen LogP) is 0.186. The number of nitrogens with two attached hydrogens (primary N) is 1. The van der Waals surface area contributed by atoms with Gasteiger partial charge in [0.05, 0.1) is 10.4 Å². The van der Waals surface area contributed by atoms with Crippen molar-refractivity contribution in [3.05, 3.63) is 40.7 Å². The smallest absolute Gasteiger partial charge is 0.238 e. The van der Waals surface area contributed by atoms with Crippen molar-refractivity contribution in [3.8, 4) is 0 Å². The number of benzene rings is 1. The number of aromatic nitrogens is 1. The van der Waals surface area contributed by atoms with Crippen LogP contribution in [-0.4, -0.2) is 13.0 Å². The Hall–Kier alpha value is -1.66. The first-order valence-electron chi connectivity index (χ1n) is 4.52. The second kappa shape index (κ2) is 3.43. The van der Waals surface area contributed by atoms with Crippen molar-refractivity contribution in [2.45, 2.75) is 4.90 Å². The Morgan fingerprint density at radius 1 is 1.25 bits per heavy atom. The van der Waals surface area contributed by atoms with E-state index in [0.717, 1.165) is 0 Å². The summed E-state index contributed by atoms with van der Waals surface area (Å²) in [5.74, 6) is 0. The second-order valence-corrected chi connectivity index (χ2v) is 5.08. The highest BCUT2D eigenvalue weighted by atomic mass is 32.2. The molecule has 0 aliphatic rings. The van der Waals surface area contributed by atoms with Gasteiger partial charge >= 0.3 is 0 Å². The molecule has 0 atom stereocenters. The van der Waals surface area contributed by atoms with Crippen molar-refractivity contribution in [3.63, 3.8) is 0 Å². The normalized spacial score (nSPS) is 11.9. The molecule has 0 unspecified atom stereocenters. The van der Waals surface area contributed by atoms with Crippen LogP contribution in [0.15, 0.2) is 40.2 Å². The summed E-state index contributed by atoms with van der Waals surface area (Å²) in [5.41, 5.74) is 0.396. The van der Waals surface area contributed by atoms with Crippen molar-refractivity contribution in [2.75, 3.05) is 0 Å². The van der Waals surface area contributed by atoms with E-state index in [9.17, 15) is 13.2 Å². The molecule has 1 heterocycles. The molecular formula is C10H10N2O3S. The van der Waals surface area contributed by atoms with E-state index in [4.69, 9.17) is 5.14 Å². The van der Waals surface area contributed by atoms with E-state index in [2.05, 4.69) is 0 Å². The maximum absolute atomic E-state index is 11.5. The van der Waals surface area contributed by atoms with Crippen LogP contribution >= 0.6 is 0 Å². The summed E-state index contributed by atoms with van der Waals surface area (Å²) in [5, 5.41) is 5.49. The molecule has 0 radical (unpaired) electrons. The third-order valence-corrected chi connectivity index (χ3v) is 3.30. The lowest BCUT2D eigenvalue weighted by Crippen LogP contribution is -2.13.